The molecule has 1 saturated carbocycles. The molecule has 5 atom stereocenters. The Kier molecular flexibility index (Phi) is 10.1. The fraction of sp³-hybridized carbons (Fsp3) is 0.594. The summed E-state index contributed by atoms with van der Waals surface area (Å²) in [5.74, 6) is -3.85. The molecule has 1 aromatic heterocycles. The number of allylic oxidation sites excluding steroid dienone is 1. The highest BCUT2D eigenvalue weighted by atomic mass is 19.4. The molecule has 3 N–H and O–H groups in total. The lowest BCUT2D eigenvalue weighted by molar-refractivity contribution is -0.146. The van der Waals surface area contributed by atoms with Gasteiger partial charge in [0, 0.05) is 24.4 Å². The first-order valence-corrected chi connectivity index (χ1v) is 16.3. The minimum atomic E-state index is -5.12. The highest BCUT2D eigenvalue weighted by molar-refractivity contribution is 5.96. The molecule has 0 bridgehead atoms. The minimum absolute atomic E-state index is 0.0355. The number of nitrogens with one attached hydrogen (secondary N) is 2. The summed E-state index contributed by atoms with van der Waals surface area (Å²) < 4.78 is 86.4. The van der Waals surface area contributed by atoms with Gasteiger partial charge < -0.3 is 25.4 Å². The van der Waals surface area contributed by atoms with Gasteiger partial charge in [0.1, 0.15) is 23.2 Å². The van der Waals surface area contributed by atoms with E-state index in [-0.39, 0.29) is 31.9 Å². The van der Waals surface area contributed by atoms with Crippen molar-refractivity contribution in [3.05, 3.63) is 41.5 Å². The number of fused-ring (bicyclic) bond motifs is 2. The number of ether oxygens (including phenoxy) is 1. The van der Waals surface area contributed by atoms with Crippen LogP contribution in [-0.4, -0.2) is 83.9 Å². The van der Waals surface area contributed by atoms with Crippen molar-refractivity contribution in [2.75, 3.05) is 6.54 Å². The topological polar surface area (TPSA) is 169 Å². The Bertz CT molecular complexity index is 1670. The maximum Gasteiger partial charge on any atom is 0.416 e. The maximum absolute atomic E-state index is 14.2. The number of carboxylic acid groups (broad SMARTS) is 1. The van der Waals surface area contributed by atoms with Crippen molar-refractivity contribution in [2.24, 2.45) is 5.92 Å². The zero-order chi connectivity index (χ0) is 37.5. The molecule has 3 heterocycles. The number of aliphatic carboxylic acids is 1. The average Bonchev–Trinajstić information content (AvgIpc) is 3.33. The van der Waals surface area contributed by atoms with Gasteiger partial charge in [0.15, 0.2) is 0 Å². The van der Waals surface area contributed by atoms with E-state index in [0.717, 1.165) is 9.70 Å². The lowest BCUT2D eigenvalue weighted by Crippen LogP contribution is -2.56. The molecule has 0 unspecified atom stereocenters. The number of aromatic nitrogens is 4. The predicted octanol–water partition coefficient (Wildman–Crippen LogP) is 4.89. The molecule has 13 nitrogen and oxygen atoms in total. The van der Waals surface area contributed by atoms with Gasteiger partial charge in [-0.3, -0.25) is 9.59 Å². The van der Waals surface area contributed by atoms with Crippen molar-refractivity contribution in [1.29, 1.82) is 0 Å². The Morgan fingerprint density at radius 1 is 1.02 bits per heavy atom. The van der Waals surface area contributed by atoms with Crippen molar-refractivity contribution < 1.29 is 55.4 Å². The number of benzene rings is 1. The van der Waals surface area contributed by atoms with E-state index in [1.165, 1.54) is 0 Å². The molecule has 51 heavy (non-hydrogen) atoms. The van der Waals surface area contributed by atoms with Crippen molar-refractivity contribution in [3.8, 4) is 11.4 Å². The number of carboxylic acids is 1. The predicted molar refractivity (Wildman–Crippen MR) is 164 cm³/mol. The van der Waals surface area contributed by atoms with Crippen molar-refractivity contribution in [2.45, 2.75) is 107 Å². The van der Waals surface area contributed by atoms with Crippen LogP contribution in [0.25, 0.3) is 11.4 Å². The molecule has 1 aromatic carbocycles. The number of rotatable bonds is 4. The lowest BCUT2D eigenvalue weighted by atomic mass is 10.0. The van der Waals surface area contributed by atoms with Gasteiger partial charge in [-0.1, -0.05) is 25.0 Å². The molecule has 2 aromatic rings. The average molecular weight is 730 g/mol. The van der Waals surface area contributed by atoms with E-state index in [1.54, 1.807) is 26.8 Å². The number of alkyl halides is 6. The van der Waals surface area contributed by atoms with E-state index in [2.05, 4.69) is 26.0 Å². The van der Waals surface area contributed by atoms with Gasteiger partial charge in [-0.05, 0) is 69.9 Å². The largest absolute Gasteiger partial charge is 0.479 e. The zero-order valence-corrected chi connectivity index (χ0v) is 27.8. The number of nitrogens with zero attached hydrogens (tertiary/aromatic N) is 5. The van der Waals surface area contributed by atoms with E-state index < -0.39 is 93.9 Å². The molecule has 0 spiro atoms. The number of hydrogen-bond donors (Lipinski definition) is 3. The Balaban J connectivity index is 1.48. The molecular weight excluding hydrogens is 692 g/mol. The standard InChI is InChI=1S/C32H37F6N7O6/c1-29(2,3)51-28(50)39-22-10-8-6-4-5-7-9-18-15-30(18,27(48)49)40-25(46)23-14-21(16-44(23)26(22)47)45-42-24(41-43-45)17-11-19(31(33,34)35)13-20(12-17)32(36,37)38/h7,9,11-13,18,21-23H,4-6,8,10,14-16H2,1-3H3,(H,39,50)(H,40,46)(H,48,49)/b9-7-/t18-,21+,22+,23+,30+/m1/s1. The Labute approximate surface area is 287 Å². The lowest BCUT2D eigenvalue weighted by Gasteiger charge is -2.30. The van der Waals surface area contributed by atoms with Gasteiger partial charge in [0.05, 0.1) is 17.2 Å². The second kappa shape index (κ2) is 13.8. The van der Waals surface area contributed by atoms with E-state index in [1.807, 2.05) is 6.08 Å². The van der Waals surface area contributed by atoms with E-state index in [9.17, 15) is 50.6 Å². The summed E-state index contributed by atoms with van der Waals surface area (Å²) in [4.78, 5) is 55.1. The first-order chi connectivity index (χ1) is 23.7. The van der Waals surface area contributed by atoms with Gasteiger partial charge in [-0.15, -0.1) is 10.2 Å². The van der Waals surface area contributed by atoms with Crippen LogP contribution in [0.2, 0.25) is 0 Å². The van der Waals surface area contributed by atoms with Crippen LogP contribution in [0.4, 0.5) is 31.1 Å². The molecule has 5 rings (SSSR count). The smallest absolute Gasteiger partial charge is 0.416 e. The minimum Gasteiger partial charge on any atom is -0.479 e. The second-order valence-corrected chi connectivity index (χ2v) is 14.0. The molecule has 3 aliphatic rings. The van der Waals surface area contributed by atoms with Crippen LogP contribution in [0.1, 0.15) is 82.9 Å². The number of carbonyl (C=O) groups is 4. The van der Waals surface area contributed by atoms with E-state index in [4.69, 9.17) is 4.74 Å². The molecular formula is C32H37F6N7O6. The van der Waals surface area contributed by atoms with Crippen LogP contribution in [0.3, 0.4) is 0 Å². The van der Waals surface area contributed by atoms with Gasteiger partial charge in [0.2, 0.25) is 17.6 Å². The van der Waals surface area contributed by atoms with Crippen molar-refractivity contribution in [3.63, 3.8) is 0 Å². The molecule has 3 amide bonds. The first-order valence-electron chi connectivity index (χ1n) is 16.3. The fourth-order valence-corrected chi connectivity index (χ4v) is 6.27. The normalized spacial score (nSPS) is 27.0. The molecule has 278 valence electrons. The van der Waals surface area contributed by atoms with Crippen LogP contribution < -0.4 is 10.6 Å². The quantitative estimate of drug-likeness (QED) is 0.293. The van der Waals surface area contributed by atoms with Crippen LogP contribution in [0.15, 0.2) is 30.4 Å². The Hall–Kier alpha value is -4.71. The number of tetrazole rings is 1. The summed E-state index contributed by atoms with van der Waals surface area (Å²) in [6, 6.07) is -2.60. The molecule has 1 aliphatic carbocycles. The van der Waals surface area contributed by atoms with Gasteiger partial charge in [-0.25, -0.2) is 9.59 Å². The molecule has 0 radical (unpaired) electrons. The third kappa shape index (κ3) is 8.61. The Morgan fingerprint density at radius 2 is 1.69 bits per heavy atom. The molecule has 2 aliphatic heterocycles. The number of alkyl carbamates (subject to hydrolysis) is 1. The second-order valence-electron chi connectivity index (χ2n) is 14.0. The van der Waals surface area contributed by atoms with Crippen LogP contribution >= 0.6 is 0 Å². The maximum atomic E-state index is 14.2. The van der Waals surface area contributed by atoms with Crippen LogP contribution in [0, 0.1) is 5.92 Å². The number of hydrogen-bond acceptors (Lipinski definition) is 8. The highest BCUT2D eigenvalue weighted by Crippen LogP contribution is 2.46. The fourth-order valence-electron chi connectivity index (χ4n) is 6.27. The van der Waals surface area contributed by atoms with E-state index >= 15 is 0 Å². The summed E-state index contributed by atoms with van der Waals surface area (Å²) in [6.07, 6.45) is -4.96. The SMILES string of the molecule is CC(C)(C)OC(=O)N[C@H]1CCCCC/C=C\[C@@H]2C[C@]2(C(=O)O)NC(=O)[C@@H]2C[C@H](n3nnc(-c4cc(C(F)(F)F)cc(C(F)(F)F)c4)n3)CN2C1=O. The number of amides is 3. The van der Waals surface area contributed by atoms with Crippen molar-refractivity contribution in [1.82, 2.24) is 35.7 Å². The summed E-state index contributed by atoms with van der Waals surface area (Å²) >= 11 is 0. The summed E-state index contributed by atoms with van der Waals surface area (Å²) in [6.45, 7) is 4.61. The van der Waals surface area contributed by atoms with E-state index in [0.29, 0.717) is 37.8 Å². The molecule has 2 fully saturated rings. The number of carbonyl (C=O) groups excluding carboxylic acids is 3. The Morgan fingerprint density at radius 3 is 2.29 bits per heavy atom. The van der Waals surface area contributed by atoms with Gasteiger partial charge >= 0.3 is 24.4 Å². The van der Waals surface area contributed by atoms with Crippen LogP contribution in [-0.2, 0) is 31.5 Å². The summed E-state index contributed by atoms with van der Waals surface area (Å²) in [5.41, 5.74) is -6.30. The van der Waals surface area contributed by atoms with Gasteiger partial charge in [0.25, 0.3) is 0 Å². The third-order valence-corrected chi connectivity index (χ3v) is 8.93. The van der Waals surface area contributed by atoms with Crippen LogP contribution in [0.5, 0.6) is 0 Å². The zero-order valence-electron chi connectivity index (χ0n) is 27.8. The summed E-state index contributed by atoms with van der Waals surface area (Å²) in [7, 11) is 0. The van der Waals surface area contributed by atoms with Gasteiger partial charge in [-0.2, -0.15) is 31.1 Å². The monoisotopic (exact) mass is 729 g/mol. The number of halogens is 6. The first kappa shape index (κ1) is 37.5. The highest BCUT2D eigenvalue weighted by Gasteiger charge is 2.61. The van der Waals surface area contributed by atoms with Crippen molar-refractivity contribution >= 4 is 23.9 Å². The molecule has 19 heteroatoms. The third-order valence-electron chi connectivity index (χ3n) is 8.93. The molecule has 1 saturated heterocycles. The summed E-state index contributed by atoms with van der Waals surface area (Å²) in [5, 5.41) is 26.8.